The zero-order chi connectivity index (χ0) is 10.0. The van der Waals surface area contributed by atoms with E-state index in [1.54, 1.807) is 4.68 Å². The highest BCUT2D eigenvalue weighted by atomic mass is 16.4. The smallest absolute Gasteiger partial charge is 0.328 e. The molecule has 1 heterocycles. The Morgan fingerprint density at radius 1 is 1.69 bits per heavy atom. The van der Waals surface area contributed by atoms with E-state index in [4.69, 9.17) is 5.11 Å². The summed E-state index contributed by atoms with van der Waals surface area (Å²) in [5.41, 5.74) is 1.75. The highest BCUT2D eigenvalue weighted by Gasteiger charge is 2.19. The van der Waals surface area contributed by atoms with Crippen molar-refractivity contribution in [2.75, 3.05) is 0 Å². The Kier molecular flexibility index (Phi) is 2.70. The first-order chi connectivity index (χ1) is 6.06. The molecule has 0 radical (unpaired) electrons. The first-order valence-electron chi connectivity index (χ1n) is 4.31. The minimum atomic E-state index is -0.825. The van der Waals surface area contributed by atoms with Gasteiger partial charge in [-0.25, -0.2) is 4.79 Å². The molecule has 0 aromatic carbocycles. The number of hydrogen-bond donors (Lipinski definition) is 1. The molecule has 1 aromatic rings. The minimum Gasteiger partial charge on any atom is -0.480 e. The van der Waals surface area contributed by atoms with Crippen LogP contribution in [-0.2, 0) is 4.79 Å². The van der Waals surface area contributed by atoms with Gasteiger partial charge in [-0.15, -0.1) is 0 Å². The van der Waals surface area contributed by atoms with E-state index in [2.05, 4.69) is 5.10 Å². The molecule has 0 saturated carbocycles. The van der Waals surface area contributed by atoms with Crippen molar-refractivity contribution in [2.45, 2.75) is 33.2 Å². The fraction of sp³-hybridized carbons (Fsp3) is 0.556. The molecule has 1 atom stereocenters. The SMILES string of the molecule is CC[C@@H](C(=O)O)n1nc(C)cc1C. The Morgan fingerprint density at radius 3 is 2.62 bits per heavy atom. The third kappa shape index (κ3) is 1.88. The van der Waals surface area contributed by atoms with Crippen molar-refractivity contribution < 1.29 is 9.90 Å². The van der Waals surface area contributed by atoms with Crippen LogP contribution in [0.5, 0.6) is 0 Å². The van der Waals surface area contributed by atoms with E-state index in [0.29, 0.717) is 6.42 Å². The third-order valence-corrected chi connectivity index (χ3v) is 2.01. The molecule has 0 spiro atoms. The molecule has 4 nitrogen and oxygen atoms in total. The van der Waals surface area contributed by atoms with E-state index in [-0.39, 0.29) is 0 Å². The van der Waals surface area contributed by atoms with Gasteiger partial charge in [-0.05, 0) is 26.3 Å². The molecule has 72 valence electrons. The minimum absolute atomic E-state index is 0.534. The standard InChI is InChI=1S/C9H14N2O2/c1-4-8(9(12)13)11-7(3)5-6(2)10-11/h5,8H,4H2,1-3H3,(H,12,13)/t8-/m0/s1. The van der Waals surface area contributed by atoms with Crippen molar-refractivity contribution in [1.82, 2.24) is 9.78 Å². The first-order valence-corrected chi connectivity index (χ1v) is 4.31. The van der Waals surface area contributed by atoms with Gasteiger partial charge >= 0.3 is 5.97 Å². The van der Waals surface area contributed by atoms with Gasteiger partial charge in [-0.1, -0.05) is 6.92 Å². The number of aryl methyl sites for hydroxylation is 2. The number of hydrogen-bond acceptors (Lipinski definition) is 2. The summed E-state index contributed by atoms with van der Waals surface area (Å²) in [7, 11) is 0. The number of aromatic nitrogens is 2. The lowest BCUT2D eigenvalue weighted by Crippen LogP contribution is -2.20. The zero-order valence-electron chi connectivity index (χ0n) is 8.11. The topological polar surface area (TPSA) is 55.1 Å². The zero-order valence-corrected chi connectivity index (χ0v) is 8.11. The first kappa shape index (κ1) is 9.77. The number of carboxylic acid groups (broad SMARTS) is 1. The molecule has 0 fully saturated rings. The Morgan fingerprint density at radius 2 is 2.31 bits per heavy atom. The van der Waals surface area contributed by atoms with Gasteiger partial charge in [0, 0.05) is 5.69 Å². The van der Waals surface area contributed by atoms with Crippen LogP contribution in [0.2, 0.25) is 0 Å². The average Bonchev–Trinajstić information content (AvgIpc) is 2.31. The maximum Gasteiger partial charge on any atom is 0.328 e. The van der Waals surface area contributed by atoms with Crippen molar-refractivity contribution in [3.8, 4) is 0 Å². The summed E-state index contributed by atoms with van der Waals surface area (Å²) in [5, 5.41) is 13.0. The third-order valence-electron chi connectivity index (χ3n) is 2.01. The number of rotatable bonds is 3. The predicted molar refractivity (Wildman–Crippen MR) is 48.7 cm³/mol. The summed E-state index contributed by atoms with van der Waals surface area (Å²) in [6.45, 7) is 5.57. The lowest BCUT2D eigenvalue weighted by Gasteiger charge is -2.11. The number of nitrogens with zero attached hydrogens (tertiary/aromatic N) is 2. The molecular weight excluding hydrogens is 168 g/mol. The average molecular weight is 182 g/mol. The van der Waals surface area contributed by atoms with Gasteiger partial charge in [0.1, 0.15) is 6.04 Å². The summed E-state index contributed by atoms with van der Waals surface area (Å²) in [4.78, 5) is 10.8. The van der Waals surface area contributed by atoms with E-state index in [0.717, 1.165) is 11.4 Å². The molecule has 0 aliphatic carbocycles. The molecule has 0 amide bonds. The number of aliphatic carboxylic acids is 1. The van der Waals surface area contributed by atoms with Gasteiger partial charge in [0.05, 0.1) is 5.69 Å². The maximum absolute atomic E-state index is 10.8. The van der Waals surface area contributed by atoms with E-state index in [1.807, 2.05) is 26.8 Å². The van der Waals surface area contributed by atoms with Crippen LogP contribution < -0.4 is 0 Å². The van der Waals surface area contributed by atoms with Crippen molar-refractivity contribution in [3.05, 3.63) is 17.5 Å². The Hall–Kier alpha value is -1.32. The molecule has 13 heavy (non-hydrogen) atoms. The molecule has 1 aromatic heterocycles. The fourth-order valence-corrected chi connectivity index (χ4v) is 1.41. The Labute approximate surface area is 77.2 Å². The van der Waals surface area contributed by atoms with Gasteiger partial charge in [0.2, 0.25) is 0 Å². The van der Waals surface area contributed by atoms with E-state index >= 15 is 0 Å². The quantitative estimate of drug-likeness (QED) is 0.771. The van der Waals surface area contributed by atoms with Gasteiger partial charge in [0.25, 0.3) is 0 Å². The molecule has 0 aliphatic rings. The van der Waals surface area contributed by atoms with Gasteiger partial charge in [-0.2, -0.15) is 5.10 Å². The molecule has 1 rings (SSSR count). The Bertz CT molecular complexity index is 317. The summed E-state index contributed by atoms with van der Waals surface area (Å²) in [5.74, 6) is -0.825. The largest absolute Gasteiger partial charge is 0.480 e. The van der Waals surface area contributed by atoms with Crippen LogP contribution in [0.3, 0.4) is 0 Å². The van der Waals surface area contributed by atoms with Crippen molar-refractivity contribution >= 4 is 5.97 Å². The monoisotopic (exact) mass is 182 g/mol. The summed E-state index contributed by atoms with van der Waals surface area (Å²) < 4.78 is 1.57. The molecule has 0 aliphatic heterocycles. The van der Waals surface area contributed by atoms with Crippen LogP contribution in [0.1, 0.15) is 30.8 Å². The predicted octanol–water partition coefficient (Wildman–Crippen LogP) is 1.54. The second-order valence-electron chi connectivity index (χ2n) is 3.13. The van der Waals surface area contributed by atoms with Crippen molar-refractivity contribution in [1.29, 1.82) is 0 Å². The van der Waals surface area contributed by atoms with Gasteiger partial charge in [0.15, 0.2) is 0 Å². The van der Waals surface area contributed by atoms with Crippen LogP contribution in [0, 0.1) is 13.8 Å². The molecule has 1 N–H and O–H groups in total. The second-order valence-corrected chi connectivity index (χ2v) is 3.13. The van der Waals surface area contributed by atoms with Gasteiger partial charge in [-0.3, -0.25) is 4.68 Å². The molecular formula is C9H14N2O2. The molecule has 0 bridgehead atoms. The highest BCUT2D eigenvalue weighted by Crippen LogP contribution is 2.14. The Balaban J connectivity index is 3.04. The lowest BCUT2D eigenvalue weighted by atomic mass is 10.2. The normalized spacial score (nSPS) is 12.8. The second kappa shape index (κ2) is 3.60. The highest BCUT2D eigenvalue weighted by molar-refractivity contribution is 5.71. The van der Waals surface area contributed by atoms with E-state index in [9.17, 15) is 4.79 Å². The van der Waals surface area contributed by atoms with E-state index < -0.39 is 12.0 Å². The van der Waals surface area contributed by atoms with Crippen LogP contribution in [-0.4, -0.2) is 20.9 Å². The molecule has 0 unspecified atom stereocenters. The number of carboxylic acids is 1. The lowest BCUT2D eigenvalue weighted by molar-refractivity contribution is -0.141. The molecule has 0 saturated heterocycles. The van der Waals surface area contributed by atoms with Crippen LogP contribution in [0.15, 0.2) is 6.07 Å². The fourth-order valence-electron chi connectivity index (χ4n) is 1.41. The molecule has 4 heteroatoms. The van der Waals surface area contributed by atoms with Crippen LogP contribution in [0.25, 0.3) is 0 Å². The summed E-state index contributed by atoms with van der Waals surface area (Å²) >= 11 is 0. The van der Waals surface area contributed by atoms with Crippen molar-refractivity contribution in [3.63, 3.8) is 0 Å². The van der Waals surface area contributed by atoms with Gasteiger partial charge < -0.3 is 5.11 Å². The van der Waals surface area contributed by atoms with E-state index in [1.165, 1.54) is 0 Å². The summed E-state index contributed by atoms with van der Waals surface area (Å²) in [6, 6.07) is 1.35. The van der Waals surface area contributed by atoms with Crippen molar-refractivity contribution in [2.24, 2.45) is 0 Å². The maximum atomic E-state index is 10.8. The number of carbonyl (C=O) groups is 1. The van der Waals surface area contributed by atoms with Crippen LogP contribution in [0.4, 0.5) is 0 Å². The summed E-state index contributed by atoms with van der Waals surface area (Å²) in [6.07, 6.45) is 0.553. The van der Waals surface area contributed by atoms with Crippen LogP contribution >= 0.6 is 0 Å².